The van der Waals surface area contributed by atoms with Gasteiger partial charge in [-0.3, -0.25) is 33.6 Å². The molecular weight excluding hydrogens is 656 g/mol. The summed E-state index contributed by atoms with van der Waals surface area (Å²) in [6.45, 7) is 5.25. The van der Waals surface area contributed by atoms with Crippen molar-refractivity contribution in [1.82, 2.24) is 30.7 Å². The number of amides is 7. The molecule has 18 nitrogen and oxygen atoms in total. The lowest BCUT2D eigenvalue weighted by molar-refractivity contribution is -0.149. The summed E-state index contributed by atoms with van der Waals surface area (Å²) < 4.78 is 0. The zero-order chi connectivity index (χ0) is 37.3. The fourth-order valence-electron chi connectivity index (χ4n) is 6.72. The molecule has 7 amide bonds. The Morgan fingerprint density at radius 1 is 0.780 bits per heavy atom. The Balaban J connectivity index is 1.64. The highest BCUT2D eigenvalue weighted by Gasteiger charge is 2.44. The van der Waals surface area contributed by atoms with Gasteiger partial charge in [0.15, 0.2) is 0 Å². The van der Waals surface area contributed by atoms with Crippen LogP contribution in [0.3, 0.4) is 0 Å². The summed E-state index contributed by atoms with van der Waals surface area (Å²) in [7, 11) is 0. The van der Waals surface area contributed by atoms with E-state index in [0.29, 0.717) is 38.5 Å². The van der Waals surface area contributed by atoms with E-state index < -0.39 is 96.2 Å². The summed E-state index contributed by atoms with van der Waals surface area (Å²) in [4.78, 5) is 107. The van der Waals surface area contributed by atoms with E-state index in [0.717, 1.165) is 0 Å². The van der Waals surface area contributed by atoms with E-state index in [2.05, 4.69) is 16.0 Å². The first-order valence-corrected chi connectivity index (χ1v) is 17.3. The molecule has 3 aliphatic heterocycles. The van der Waals surface area contributed by atoms with Gasteiger partial charge in [-0.15, -0.1) is 0 Å². The van der Waals surface area contributed by atoms with Crippen molar-refractivity contribution in [2.75, 3.05) is 26.2 Å². The van der Waals surface area contributed by atoms with Crippen LogP contribution in [-0.2, 0) is 38.4 Å². The normalized spacial score (nSPS) is 22.8. The number of carbonyl (C=O) groups is 8. The quantitative estimate of drug-likeness (QED) is 0.0857. The topological polar surface area (TPSA) is 275 Å². The lowest BCUT2D eigenvalue weighted by atomic mass is 10.0. The van der Waals surface area contributed by atoms with Gasteiger partial charge >= 0.3 is 5.97 Å². The number of nitrogens with zero attached hydrogens (tertiary/aromatic N) is 3. The molecule has 3 saturated heterocycles. The van der Waals surface area contributed by atoms with E-state index in [1.165, 1.54) is 21.6 Å². The number of nitrogens with two attached hydrogens (primary N) is 2. The summed E-state index contributed by atoms with van der Waals surface area (Å²) >= 11 is 0. The van der Waals surface area contributed by atoms with Gasteiger partial charge in [0, 0.05) is 26.1 Å². The van der Waals surface area contributed by atoms with E-state index in [1.54, 1.807) is 0 Å². The fourth-order valence-corrected chi connectivity index (χ4v) is 6.72. The van der Waals surface area contributed by atoms with Crippen LogP contribution in [0.25, 0.3) is 0 Å². The molecule has 0 radical (unpaired) electrons. The van der Waals surface area contributed by atoms with Gasteiger partial charge in [0.1, 0.15) is 36.3 Å². The second-order valence-corrected chi connectivity index (χ2v) is 13.7. The SMILES string of the molecule is CC(C)C[C@H](NC(=O)CNC(=O)[C@@H]1CCCN1C(=O)[C@@H]1CCCN1C(=O)[C@H](CCC(N)=O)NC(=O)[C@@H](N)[C@@H](C)O)C(=O)N1CCC[C@H]1C(=O)O. The Morgan fingerprint density at radius 3 is 1.88 bits per heavy atom. The van der Waals surface area contributed by atoms with Gasteiger partial charge in [-0.2, -0.15) is 0 Å². The molecule has 18 heteroatoms. The molecule has 0 unspecified atom stereocenters. The smallest absolute Gasteiger partial charge is 0.326 e. The highest BCUT2D eigenvalue weighted by atomic mass is 16.4. The molecule has 0 aromatic heterocycles. The molecule has 0 spiro atoms. The molecule has 0 bridgehead atoms. The number of aliphatic hydroxyl groups is 1. The second kappa shape index (κ2) is 18.1. The van der Waals surface area contributed by atoms with Gasteiger partial charge in [-0.25, -0.2) is 4.79 Å². The van der Waals surface area contributed by atoms with Gasteiger partial charge in [-0.05, 0) is 64.2 Å². The van der Waals surface area contributed by atoms with Crippen molar-refractivity contribution < 1.29 is 48.6 Å². The Kier molecular flexibility index (Phi) is 14.5. The van der Waals surface area contributed by atoms with Gasteiger partial charge < -0.3 is 52.3 Å². The first-order chi connectivity index (χ1) is 23.5. The highest BCUT2D eigenvalue weighted by molar-refractivity contribution is 5.97. The number of aliphatic hydroxyl groups excluding tert-OH is 1. The van der Waals surface area contributed by atoms with E-state index in [4.69, 9.17) is 11.5 Å². The summed E-state index contributed by atoms with van der Waals surface area (Å²) in [5.41, 5.74) is 11.0. The predicted octanol–water partition coefficient (Wildman–Crippen LogP) is -2.85. The van der Waals surface area contributed by atoms with Crippen LogP contribution >= 0.6 is 0 Å². The minimum Gasteiger partial charge on any atom is -0.480 e. The average Bonchev–Trinajstić information content (AvgIpc) is 3.84. The summed E-state index contributed by atoms with van der Waals surface area (Å²) in [6, 6.07) is -6.38. The number of aliphatic carboxylic acids is 1. The van der Waals surface area contributed by atoms with Crippen molar-refractivity contribution in [2.24, 2.45) is 17.4 Å². The van der Waals surface area contributed by atoms with E-state index in [-0.39, 0.29) is 44.8 Å². The van der Waals surface area contributed by atoms with Crippen LogP contribution < -0.4 is 27.4 Å². The molecule has 0 aromatic carbocycles. The molecule has 0 aliphatic carbocycles. The maximum absolute atomic E-state index is 13.8. The third-order valence-electron chi connectivity index (χ3n) is 9.36. The molecule has 0 aromatic rings. The molecule has 50 heavy (non-hydrogen) atoms. The average molecular weight is 709 g/mol. The lowest BCUT2D eigenvalue weighted by Crippen LogP contribution is -2.58. The van der Waals surface area contributed by atoms with Crippen LogP contribution in [0, 0.1) is 5.92 Å². The minimum atomic E-state index is -1.34. The maximum Gasteiger partial charge on any atom is 0.326 e. The molecule has 3 rings (SSSR count). The standard InChI is InChI=1S/C32H52N8O10/c1-17(2)15-20(30(47)40-14-6-9-23(40)32(49)50)36-25(43)16-35-27(44)21-7-4-12-38(21)31(48)22-8-5-13-39(22)29(46)19(10-11-24(33)42)37-28(45)26(34)18(3)41/h17-23,26,41H,4-16,34H2,1-3H3,(H2,33,42)(H,35,44)(H,36,43)(H,37,45)(H,49,50)/t18-,19+,20+,21+,22+,23+,26+/m1/s1. The van der Waals surface area contributed by atoms with Crippen molar-refractivity contribution in [3.05, 3.63) is 0 Å². The van der Waals surface area contributed by atoms with Crippen molar-refractivity contribution in [3.8, 4) is 0 Å². The van der Waals surface area contributed by atoms with Crippen molar-refractivity contribution in [3.63, 3.8) is 0 Å². The first kappa shape index (κ1) is 40.1. The van der Waals surface area contributed by atoms with Crippen LogP contribution in [0.2, 0.25) is 0 Å². The zero-order valence-corrected chi connectivity index (χ0v) is 29.0. The largest absolute Gasteiger partial charge is 0.480 e. The monoisotopic (exact) mass is 708 g/mol. The number of hydrogen-bond donors (Lipinski definition) is 7. The molecule has 7 atom stereocenters. The molecular formula is C32H52N8O10. The number of hydrogen-bond acceptors (Lipinski definition) is 10. The number of carboxylic acids is 1. The number of rotatable bonds is 16. The molecule has 280 valence electrons. The van der Waals surface area contributed by atoms with Crippen LogP contribution in [-0.4, -0.2) is 141 Å². The predicted molar refractivity (Wildman–Crippen MR) is 176 cm³/mol. The Labute approximate surface area is 291 Å². The summed E-state index contributed by atoms with van der Waals surface area (Å²) in [6.07, 6.45) is 1.12. The van der Waals surface area contributed by atoms with Crippen LogP contribution in [0.5, 0.6) is 0 Å². The van der Waals surface area contributed by atoms with Gasteiger partial charge in [-0.1, -0.05) is 13.8 Å². The number of nitrogens with one attached hydrogen (secondary N) is 3. The van der Waals surface area contributed by atoms with Crippen LogP contribution in [0.4, 0.5) is 0 Å². The van der Waals surface area contributed by atoms with Crippen molar-refractivity contribution >= 4 is 47.3 Å². The Morgan fingerprint density at radius 2 is 1.32 bits per heavy atom. The zero-order valence-electron chi connectivity index (χ0n) is 29.0. The van der Waals surface area contributed by atoms with Crippen molar-refractivity contribution in [1.29, 1.82) is 0 Å². The van der Waals surface area contributed by atoms with Gasteiger partial charge in [0.2, 0.25) is 41.4 Å². The number of primary amides is 1. The Hall–Kier alpha value is -4.32. The molecule has 9 N–H and O–H groups in total. The lowest BCUT2D eigenvalue weighted by Gasteiger charge is -2.33. The number of carboxylic acid groups (broad SMARTS) is 1. The fraction of sp³-hybridized carbons (Fsp3) is 0.750. The summed E-state index contributed by atoms with van der Waals surface area (Å²) in [5, 5.41) is 26.9. The van der Waals surface area contributed by atoms with Gasteiger partial charge in [0.25, 0.3) is 0 Å². The number of likely N-dealkylation sites (tertiary alicyclic amines) is 3. The third kappa shape index (κ3) is 10.3. The summed E-state index contributed by atoms with van der Waals surface area (Å²) in [5.74, 6) is -5.44. The number of carbonyl (C=O) groups excluding carboxylic acids is 7. The molecule has 0 saturated carbocycles. The molecule has 3 aliphatic rings. The minimum absolute atomic E-state index is 0.00124. The van der Waals surface area contributed by atoms with E-state index in [9.17, 15) is 48.6 Å². The molecule has 3 fully saturated rings. The third-order valence-corrected chi connectivity index (χ3v) is 9.36. The van der Waals surface area contributed by atoms with Crippen LogP contribution in [0.1, 0.15) is 78.6 Å². The van der Waals surface area contributed by atoms with E-state index >= 15 is 0 Å². The van der Waals surface area contributed by atoms with Crippen molar-refractivity contribution in [2.45, 2.75) is 121 Å². The maximum atomic E-state index is 13.8. The first-order valence-electron chi connectivity index (χ1n) is 17.3. The highest BCUT2D eigenvalue weighted by Crippen LogP contribution is 2.26. The van der Waals surface area contributed by atoms with E-state index in [1.807, 2.05) is 13.8 Å². The van der Waals surface area contributed by atoms with Gasteiger partial charge in [0.05, 0.1) is 12.6 Å². The Bertz CT molecular complexity index is 1310. The second-order valence-electron chi connectivity index (χ2n) is 13.7. The van der Waals surface area contributed by atoms with Crippen LogP contribution in [0.15, 0.2) is 0 Å². The molecule has 3 heterocycles.